The molecule has 2 rings (SSSR count). The first kappa shape index (κ1) is 14.9. The Kier molecular flexibility index (Phi) is 5.01. The number of anilines is 1. The van der Waals surface area contributed by atoms with Crippen LogP contribution in [-0.4, -0.2) is 26.2 Å². The van der Waals surface area contributed by atoms with Gasteiger partial charge in [-0.2, -0.15) is 0 Å². The second kappa shape index (κ2) is 6.75. The summed E-state index contributed by atoms with van der Waals surface area (Å²) in [5, 5.41) is 9.00. The minimum Gasteiger partial charge on any atom is -0.341 e. The van der Waals surface area contributed by atoms with Gasteiger partial charge in [0.1, 0.15) is 0 Å². The molecule has 0 saturated carbocycles. The van der Waals surface area contributed by atoms with Crippen LogP contribution in [0.4, 0.5) is 10.5 Å². The summed E-state index contributed by atoms with van der Waals surface area (Å²) in [6, 6.07) is 6.35. The van der Waals surface area contributed by atoms with Gasteiger partial charge in [-0.3, -0.25) is 0 Å². The molecule has 0 aromatic heterocycles. The van der Waals surface area contributed by atoms with Crippen molar-refractivity contribution in [2.75, 3.05) is 25.5 Å². The monoisotopic (exact) mass is 275 g/mol. The summed E-state index contributed by atoms with van der Waals surface area (Å²) in [5.74, 6) is 0.993. The molecule has 1 fully saturated rings. The van der Waals surface area contributed by atoms with Gasteiger partial charge < -0.3 is 16.0 Å². The Bertz CT molecular complexity index is 465. The summed E-state index contributed by atoms with van der Waals surface area (Å²) in [4.78, 5) is 11.7. The van der Waals surface area contributed by atoms with Crippen LogP contribution in [0.15, 0.2) is 18.2 Å². The van der Waals surface area contributed by atoms with E-state index in [1.807, 2.05) is 0 Å². The molecule has 3 N–H and O–H groups in total. The van der Waals surface area contributed by atoms with Crippen LogP contribution in [0.2, 0.25) is 0 Å². The minimum absolute atomic E-state index is 0.152. The van der Waals surface area contributed by atoms with Crippen molar-refractivity contribution >= 4 is 11.7 Å². The fraction of sp³-hybridized carbons (Fsp3) is 0.562. The highest BCUT2D eigenvalue weighted by molar-refractivity contribution is 5.90. The highest BCUT2D eigenvalue weighted by Crippen LogP contribution is 2.33. The van der Waals surface area contributed by atoms with E-state index in [0.717, 1.165) is 31.6 Å². The van der Waals surface area contributed by atoms with E-state index < -0.39 is 0 Å². The normalized spacial score (nSPS) is 16.2. The number of hydrogen-bond donors (Lipinski definition) is 3. The first-order valence-corrected chi connectivity index (χ1v) is 7.45. The van der Waals surface area contributed by atoms with Crippen molar-refractivity contribution in [1.82, 2.24) is 10.6 Å². The van der Waals surface area contributed by atoms with Crippen molar-refractivity contribution in [3.63, 3.8) is 0 Å². The molecule has 2 amide bonds. The summed E-state index contributed by atoms with van der Waals surface area (Å²) < 4.78 is 0. The molecule has 0 atom stereocenters. The fourth-order valence-corrected chi connectivity index (χ4v) is 2.72. The van der Waals surface area contributed by atoms with E-state index in [1.165, 1.54) is 11.1 Å². The third-order valence-electron chi connectivity index (χ3n) is 4.00. The van der Waals surface area contributed by atoms with Crippen molar-refractivity contribution in [1.29, 1.82) is 0 Å². The Morgan fingerprint density at radius 1 is 1.30 bits per heavy atom. The van der Waals surface area contributed by atoms with Gasteiger partial charge in [0.15, 0.2) is 0 Å². The predicted molar refractivity (Wildman–Crippen MR) is 83.5 cm³/mol. The van der Waals surface area contributed by atoms with Crippen molar-refractivity contribution in [2.45, 2.75) is 38.5 Å². The molecule has 1 aromatic rings. The lowest BCUT2D eigenvalue weighted by Gasteiger charge is -2.26. The summed E-state index contributed by atoms with van der Waals surface area (Å²) in [5.41, 5.74) is 3.48. The average molecular weight is 275 g/mol. The molecule has 0 radical (unpaired) electrons. The maximum Gasteiger partial charge on any atom is 0.318 e. The average Bonchev–Trinajstić information content (AvgIpc) is 2.47. The summed E-state index contributed by atoms with van der Waals surface area (Å²) in [6.07, 6.45) is 2.26. The van der Waals surface area contributed by atoms with Gasteiger partial charge in [-0.15, -0.1) is 0 Å². The Hall–Kier alpha value is -1.55. The molecule has 1 aromatic carbocycles. The molecular formula is C16H25N3O. The Labute approximate surface area is 121 Å². The van der Waals surface area contributed by atoms with Crippen LogP contribution in [0, 0.1) is 0 Å². The van der Waals surface area contributed by atoms with E-state index in [4.69, 9.17) is 0 Å². The molecule has 1 aliphatic rings. The first-order valence-electron chi connectivity index (χ1n) is 7.45. The fourth-order valence-electron chi connectivity index (χ4n) is 2.72. The lowest BCUT2D eigenvalue weighted by Crippen LogP contribution is -2.28. The number of carbonyl (C=O) groups excluding carboxylic acids is 1. The summed E-state index contributed by atoms with van der Waals surface area (Å²) >= 11 is 0. The molecule has 20 heavy (non-hydrogen) atoms. The van der Waals surface area contributed by atoms with E-state index >= 15 is 0 Å². The van der Waals surface area contributed by atoms with E-state index in [1.54, 1.807) is 7.05 Å². The number of carbonyl (C=O) groups is 1. The van der Waals surface area contributed by atoms with E-state index in [2.05, 4.69) is 48.0 Å². The number of hydrogen-bond acceptors (Lipinski definition) is 2. The molecular weight excluding hydrogens is 250 g/mol. The van der Waals surface area contributed by atoms with Crippen molar-refractivity contribution < 1.29 is 4.79 Å². The molecule has 110 valence electrons. The molecule has 4 heteroatoms. The standard InChI is InChI=1S/C16H25N3O/c1-11(2)13-4-5-14(12-6-8-18-9-7-12)15(10-13)19-16(20)17-3/h4-5,10-12,18H,6-9H2,1-3H3,(H2,17,19,20). The zero-order valence-corrected chi connectivity index (χ0v) is 12.6. The van der Waals surface area contributed by atoms with Crippen LogP contribution in [0.1, 0.15) is 49.7 Å². The van der Waals surface area contributed by atoms with Gasteiger partial charge in [0.2, 0.25) is 0 Å². The SMILES string of the molecule is CNC(=O)Nc1cc(C(C)C)ccc1C1CCNCC1. The summed E-state index contributed by atoms with van der Waals surface area (Å²) in [7, 11) is 1.64. The summed E-state index contributed by atoms with van der Waals surface area (Å²) in [6.45, 7) is 6.44. The number of urea groups is 1. The van der Waals surface area contributed by atoms with Crippen LogP contribution in [-0.2, 0) is 0 Å². The Morgan fingerprint density at radius 3 is 2.60 bits per heavy atom. The van der Waals surface area contributed by atoms with Crippen LogP contribution in [0.25, 0.3) is 0 Å². The van der Waals surface area contributed by atoms with Gasteiger partial charge in [0, 0.05) is 12.7 Å². The van der Waals surface area contributed by atoms with E-state index in [-0.39, 0.29) is 6.03 Å². The third kappa shape index (κ3) is 3.51. The quantitative estimate of drug-likeness (QED) is 0.794. The second-order valence-electron chi connectivity index (χ2n) is 5.73. The second-order valence-corrected chi connectivity index (χ2v) is 5.73. The molecule has 1 saturated heterocycles. The van der Waals surface area contributed by atoms with Gasteiger partial charge in [0.25, 0.3) is 0 Å². The highest BCUT2D eigenvalue weighted by atomic mass is 16.2. The minimum atomic E-state index is -0.152. The third-order valence-corrected chi connectivity index (χ3v) is 4.00. The van der Waals surface area contributed by atoms with Gasteiger partial charge in [-0.05, 0) is 55.0 Å². The molecule has 0 bridgehead atoms. The number of nitrogens with one attached hydrogen (secondary N) is 3. The van der Waals surface area contributed by atoms with Gasteiger partial charge in [-0.25, -0.2) is 4.79 Å². The smallest absolute Gasteiger partial charge is 0.318 e. The highest BCUT2D eigenvalue weighted by Gasteiger charge is 2.19. The van der Waals surface area contributed by atoms with Gasteiger partial charge >= 0.3 is 6.03 Å². The molecule has 1 heterocycles. The molecule has 0 aliphatic carbocycles. The molecule has 0 unspecified atom stereocenters. The maximum absolute atomic E-state index is 11.7. The Balaban J connectivity index is 2.30. The number of benzene rings is 1. The van der Waals surface area contributed by atoms with Crippen LogP contribution >= 0.6 is 0 Å². The van der Waals surface area contributed by atoms with Crippen molar-refractivity contribution in [2.24, 2.45) is 0 Å². The lowest BCUT2D eigenvalue weighted by molar-refractivity contribution is 0.254. The molecule has 4 nitrogen and oxygen atoms in total. The van der Waals surface area contributed by atoms with Crippen LogP contribution < -0.4 is 16.0 Å². The zero-order valence-electron chi connectivity index (χ0n) is 12.6. The topological polar surface area (TPSA) is 53.2 Å². The zero-order chi connectivity index (χ0) is 14.5. The number of piperidine rings is 1. The number of amides is 2. The van der Waals surface area contributed by atoms with Crippen LogP contribution in [0.3, 0.4) is 0 Å². The molecule has 0 spiro atoms. The number of rotatable bonds is 3. The van der Waals surface area contributed by atoms with E-state index in [0.29, 0.717) is 11.8 Å². The van der Waals surface area contributed by atoms with Gasteiger partial charge in [0.05, 0.1) is 0 Å². The largest absolute Gasteiger partial charge is 0.341 e. The first-order chi connectivity index (χ1) is 9.61. The predicted octanol–water partition coefficient (Wildman–Crippen LogP) is 3.03. The lowest BCUT2D eigenvalue weighted by atomic mass is 9.87. The van der Waals surface area contributed by atoms with Crippen molar-refractivity contribution in [3.8, 4) is 0 Å². The van der Waals surface area contributed by atoms with Crippen molar-refractivity contribution in [3.05, 3.63) is 29.3 Å². The Morgan fingerprint density at radius 2 is 2.00 bits per heavy atom. The van der Waals surface area contributed by atoms with Gasteiger partial charge in [-0.1, -0.05) is 26.0 Å². The van der Waals surface area contributed by atoms with Crippen LogP contribution in [0.5, 0.6) is 0 Å². The van der Waals surface area contributed by atoms with E-state index in [9.17, 15) is 4.79 Å². The molecule has 1 aliphatic heterocycles. The maximum atomic E-state index is 11.7.